The fraction of sp³-hybridized carbons (Fsp3) is 0.462. The van der Waals surface area contributed by atoms with Crippen LogP contribution in [0, 0.1) is 5.82 Å². The zero-order valence-corrected chi connectivity index (χ0v) is 11.7. The van der Waals surface area contributed by atoms with Gasteiger partial charge in [0.05, 0.1) is 17.8 Å². The van der Waals surface area contributed by atoms with E-state index in [0.717, 1.165) is 0 Å². The first kappa shape index (κ1) is 15.7. The third-order valence-electron chi connectivity index (χ3n) is 3.21. The first-order valence-electron chi connectivity index (χ1n) is 6.11. The van der Waals surface area contributed by atoms with Gasteiger partial charge in [-0.3, -0.25) is 0 Å². The van der Waals surface area contributed by atoms with Crippen LogP contribution in [0.3, 0.4) is 0 Å². The summed E-state index contributed by atoms with van der Waals surface area (Å²) in [7, 11) is 0. The molecule has 0 fully saturated rings. The van der Waals surface area contributed by atoms with Crippen molar-refractivity contribution in [2.45, 2.75) is 32.2 Å². The van der Waals surface area contributed by atoms with Gasteiger partial charge in [-0.05, 0) is 31.0 Å². The molecular formula is C13H18ClFN2O2. The molecule has 0 aliphatic rings. The monoisotopic (exact) mass is 288 g/mol. The molecule has 19 heavy (non-hydrogen) atoms. The van der Waals surface area contributed by atoms with E-state index in [1.807, 2.05) is 13.8 Å². The van der Waals surface area contributed by atoms with Gasteiger partial charge in [0, 0.05) is 5.02 Å². The second-order valence-corrected chi connectivity index (χ2v) is 4.79. The van der Waals surface area contributed by atoms with Gasteiger partial charge in [-0.2, -0.15) is 0 Å². The molecule has 0 atom stereocenters. The molecule has 4 nitrogen and oxygen atoms in total. The molecule has 106 valence electrons. The van der Waals surface area contributed by atoms with Crippen molar-refractivity contribution in [1.82, 2.24) is 5.32 Å². The number of anilines is 1. The van der Waals surface area contributed by atoms with E-state index in [1.54, 1.807) is 0 Å². The summed E-state index contributed by atoms with van der Waals surface area (Å²) in [5.74, 6) is -0.567. The Kier molecular flexibility index (Phi) is 5.57. The van der Waals surface area contributed by atoms with Crippen molar-refractivity contribution >= 4 is 23.3 Å². The number of aliphatic hydroxyl groups excluding tert-OH is 1. The third kappa shape index (κ3) is 4.08. The van der Waals surface area contributed by atoms with Gasteiger partial charge in [-0.15, -0.1) is 0 Å². The summed E-state index contributed by atoms with van der Waals surface area (Å²) in [5, 5.41) is 14.7. The quantitative estimate of drug-likeness (QED) is 0.779. The Morgan fingerprint density at radius 1 is 1.42 bits per heavy atom. The second kappa shape index (κ2) is 6.73. The van der Waals surface area contributed by atoms with Crippen LogP contribution in [0.4, 0.5) is 14.9 Å². The molecule has 0 radical (unpaired) electrons. The molecule has 2 amide bonds. The zero-order chi connectivity index (χ0) is 14.5. The number of hydrogen-bond acceptors (Lipinski definition) is 2. The number of nitrogens with one attached hydrogen (secondary N) is 2. The maximum absolute atomic E-state index is 13.5. The Hall–Kier alpha value is -1.33. The molecule has 6 heteroatoms. The van der Waals surface area contributed by atoms with Crippen molar-refractivity contribution in [3.8, 4) is 0 Å². The maximum Gasteiger partial charge on any atom is 0.319 e. The zero-order valence-electron chi connectivity index (χ0n) is 11.0. The van der Waals surface area contributed by atoms with Gasteiger partial charge in [-0.25, -0.2) is 9.18 Å². The van der Waals surface area contributed by atoms with Crippen LogP contribution in [0.25, 0.3) is 0 Å². The fourth-order valence-electron chi connectivity index (χ4n) is 1.68. The van der Waals surface area contributed by atoms with Crippen LogP contribution in [-0.2, 0) is 0 Å². The molecule has 0 saturated carbocycles. The molecule has 1 aromatic carbocycles. The average molecular weight is 289 g/mol. The first-order chi connectivity index (χ1) is 8.96. The molecule has 0 unspecified atom stereocenters. The minimum absolute atomic E-state index is 0.00375. The highest BCUT2D eigenvalue weighted by Gasteiger charge is 2.27. The summed E-state index contributed by atoms with van der Waals surface area (Å²) in [5.41, 5.74) is -0.692. The van der Waals surface area contributed by atoms with Crippen molar-refractivity contribution in [3.05, 3.63) is 29.0 Å². The maximum atomic E-state index is 13.5. The molecule has 0 aromatic heterocycles. The molecule has 0 saturated heterocycles. The van der Waals surface area contributed by atoms with Crippen molar-refractivity contribution in [1.29, 1.82) is 0 Å². The normalized spacial score (nSPS) is 11.2. The molecule has 0 aliphatic heterocycles. The summed E-state index contributed by atoms with van der Waals surface area (Å²) < 4.78 is 13.5. The highest BCUT2D eigenvalue weighted by Crippen LogP contribution is 2.20. The van der Waals surface area contributed by atoms with Gasteiger partial charge in [-0.1, -0.05) is 25.4 Å². The molecule has 0 heterocycles. The predicted molar refractivity (Wildman–Crippen MR) is 74.0 cm³/mol. The van der Waals surface area contributed by atoms with Crippen LogP contribution in [0.1, 0.15) is 26.7 Å². The lowest BCUT2D eigenvalue weighted by Gasteiger charge is -2.30. The summed E-state index contributed by atoms with van der Waals surface area (Å²) in [6, 6.07) is 3.33. The van der Waals surface area contributed by atoms with Crippen LogP contribution in [0.2, 0.25) is 5.02 Å². The van der Waals surface area contributed by atoms with E-state index < -0.39 is 17.4 Å². The molecule has 1 rings (SSSR count). The lowest BCUT2D eigenvalue weighted by molar-refractivity contribution is 0.155. The lowest BCUT2D eigenvalue weighted by atomic mass is 9.94. The van der Waals surface area contributed by atoms with Crippen LogP contribution < -0.4 is 10.6 Å². The lowest BCUT2D eigenvalue weighted by Crippen LogP contribution is -2.52. The number of rotatable bonds is 5. The van der Waals surface area contributed by atoms with Crippen LogP contribution >= 0.6 is 11.6 Å². The second-order valence-electron chi connectivity index (χ2n) is 4.35. The van der Waals surface area contributed by atoms with Crippen molar-refractivity contribution in [2.75, 3.05) is 11.9 Å². The van der Waals surface area contributed by atoms with E-state index in [4.69, 9.17) is 11.6 Å². The van der Waals surface area contributed by atoms with Crippen LogP contribution in [0.15, 0.2) is 18.2 Å². The van der Waals surface area contributed by atoms with Crippen molar-refractivity contribution in [3.63, 3.8) is 0 Å². The van der Waals surface area contributed by atoms with Crippen LogP contribution in [0.5, 0.6) is 0 Å². The summed E-state index contributed by atoms with van der Waals surface area (Å²) in [6.07, 6.45) is 1.15. The Morgan fingerprint density at radius 2 is 2.05 bits per heavy atom. The van der Waals surface area contributed by atoms with E-state index in [1.165, 1.54) is 18.2 Å². The molecule has 0 spiro atoms. The minimum Gasteiger partial charge on any atom is -0.394 e. The summed E-state index contributed by atoms with van der Waals surface area (Å²) in [6.45, 7) is 3.55. The Bertz CT molecular complexity index is 442. The highest BCUT2D eigenvalue weighted by molar-refractivity contribution is 6.30. The van der Waals surface area contributed by atoms with E-state index >= 15 is 0 Å². The number of aliphatic hydroxyl groups is 1. The SMILES string of the molecule is CCC(CC)(CO)NC(=O)Nc1cc(Cl)ccc1F. The molecule has 0 aliphatic carbocycles. The van der Waals surface area contributed by atoms with E-state index in [2.05, 4.69) is 10.6 Å². The topological polar surface area (TPSA) is 61.4 Å². The van der Waals surface area contributed by atoms with E-state index in [0.29, 0.717) is 17.9 Å². The standard InChI is InChI=1S/C13H18ClFN2O2/c1-3-13(4-2,8-18)17-12(19)16-11-7-9(14)5-6-10(11)15/h5-7,18H,3-4,8H2,1-2H3,(H2,16,17,19). The van der Waals surface area contributed by atoms with E-state index in [-0.39, 0.29) is 12.3 Å². The van der Waals surface area contributed by atoms with Gasteiger partial charge in [0.25, 0.3) is 0 Å². The van der Waals surface area contributed by atoms with Crippen molar-refractivity contribution < 1.29 is 14.3 Å². The molecule has 1 aromatic rings. The summed E-state index contributed by atoms with van der Waals surface area (Å²) in [4.78, 5) is 11.8. The summed E-state index contributed by atoms with van der Waals surface area (Å²) >= 11 is 5.74. The number of carbonyl (C=O) groups excluding carboxylic acids is 1. The van der Waals surface area contributed by atoms with Gasteiger partial charge in [0.2, 0.25) is 0 Å². The first-order valence-corrected chi connectivity index (χ1v) is 6.49. The average Bonchev–Trinajstić information content (AvgIpc) is 2.40. The smallest absolute Gasteiger partial charge is 0.319 e. The Balaban J connectivity index is 2.77. The predicted octanol–water partition coefficient (Wildman–Crippen LogP) is 3.15. The number of amides is 2. The Morgan fingerprint density at radius 3 is 2.58 bits per heavy atom. The van der Waals surface area contributed by atoms with Gasteiger partial charge in [0.1, 0.15) is 5.82 Å². The molecular weight excluding hydrogens is 271 g/mol. The number of urea groups is 1. The number of benzene rings is 1. The third-order valence-corrected chi connectivity index (χ3v) is 3.45. The molecule has 0 bridgehead atoms. The van der Waals surface area contributed by atoms with E-state index in [9.17, 15) is 14.3 Å². The number of carbonyl (C=O) groups is 1. The van der Waals surface area contributed by atoms with Gasteiger partial charge in [0.15, 0.2) is 0 Å². The number of halogens is 2. The number of hydrogen-bond donors (Lipinski definition) is 3. The molecule has 3 N–H and O–H groups in total. The van der Waals surface area contributed by atoms with Gasteiger partial charge < -0.3 is 15.7 Å². The Labute approximate surface area is 117 Å². The minimum atomic E-state index is -0.695. The fourth-order valence-corrected chi connectivity index (χ4v) is 1.85. The highest BCUT2D eigenvalue weighted by atomic mass is 35.5. The van der Waals surface area contributed by atoms with Gasteiger partial charge >= 0.3 is 6.03 Å². The van der Waals surface area contributed by atoms with Crippen LogP contribution in [-0.4, -0.2) is 23.3 Å². The largest absolute Gasteiger partial charge is 0.394 e. The van der Waals surface area contributed by atoms with Crippen molar-refractivity contribution in [2.24, 2.45) is 0 Å².